The summed E-state index contributed by atoms with van der Waals surface area (Å²) in [5.41, 5.74) is 6.49. The molecule has 0 radical (unpaired) electrons. The molecule has 0 saturated carbocycles. The van der Waals surface area contributed by atoms with Gasteiger partial charge in [0.15, 0.2) is 5.82 Å². The highest BCUT2D eigenvalue weighted by atomic mass is 19.1. The molecule has 0 aromatic carbocycles. The monoisotopic (exact) mass is 264 g/mol. The lowest BCUT2D eigenvalue weighted by Crippen LogP contribution is -2.05. The first kappa shape index (κ1) is 15.4. The van der Waals surface area contributed by atoms with E-state index in [0.29, 0.717) is 23.5 Å². The molecule has 19 heavy (non-hydrogen) atoms. The van der Waals surface area contributed by atoms with Crippen molar-refractivity contribution in [2.75, 3.05) is 0 Å². The van der Waals surface area contributed by atoms with Crippen molar-refractivity contribution in [2.45, 2.75) is 33.7 Å². The Morgan fingerprint density at radius 3 is 2.74 bits per heavy atom. The summed E-state index contributed by atoms with van der Waals surface area (Å²) in [7, 11) is 0. The van der Waals surface area contributed by atoms with E-state index in [-0.39, 0.29) is 18.0 Å². The average Bonchev–Trinajstić information content (AvgIpc) is 2.39. The molecule has 0 aliphatic heterocycles. The largest absolute Gasteiger partial charge is 0.512 e. The molecule has 104 valence electrons. The Morgan fingerprint density at radius 2 is 2.21 bits per heavy atom. The Morgan fingerprint density at radius 1 is 1.53 bits per heavy atom. The summed E-state index contributed by atoms with van der Waals surface area (Å²) in [6.45, 7) is 5.89. The van der Waals surface area contributed by atoms with Gasteiger partial charge in [0.2, 0.25) is 0 Å². The quantitative estimate of drug-likeness (QED) is 0.631. The molecule has 0 bridgehead atoms. The fraction of sp³-hybridized carbons (Fsp3) is 0.400. The van der Waals surface area contributed by atoms with Gasteiger partial charge < -0.3 is 10.8 Å². The Balaban J connectivity index is 3.35. The third-order valence-corrected chi connectivity index (χ3v) is 2.74. The molecular formula is C15H21FN2O. The smallest absolute Gasteiger partial charge is 0.153 e. The zero-order valence-electron chi connectivity index (χ0n) is 11.7. The van der Waals surface area contributed by atoms with Crippen molar-refractivity contribution in [1.29, 1.82) is 0 Å². The molecule has 1 aromatic rings. The fourth-order valence-corrected chi connectivity index (χ4v) is 1.66. The minimum absolute atomic E-state index is 0.0355. The highest BCUT2D eigenvalue weighted by Crippen LogP contribution is 2.25. The number of pyridine rings is 1. The first-order chi connectivity index (χ1) is 9.01. The molecule has 0 atom stereocenters. The maximum Gasteiger partial charge on any atom is 0.153 e. The van der Waals surface area contributed by atoms with Gasteiger partial charge in [-0.15, -0.1) is 0 Å². The maximum atomic E-state index is 14.2. The van der Waals surface area contributed by atoms with Gasteiger partial charge in [0, 0.05) is 30.3 Å². The number of nitrogens with zero attached hydrogens (tertiary/aromatic N) is 1. The lowest BCUT2D eigenvalue weighted by atomic mass is 10.0. The Kier molecular flexibility index (Phi) is 5.70. The molecule has 4 heteroatoms. The Bertz CT molecular complexity index is 493. The van der Waals surface area contributed by atoms with E-state index in [2.05, 4.69) is 4.98 Å². The van der Waals surface area contributed by atoms with Gasteiger partial charge in [-0.1, -0.05) is 32.9 Å². The van der Waals surface area contributed by atoms with Crippen LogP contribution in [0.3, 0.4) is 0 Å². The van der Waals surface area contributed by atoms with Crippen molar-refractivity contribution in [2.24, 2.45) is 11.7 Å². The van der Waals surface area contributed by atoms with Gasteiger partial charge in [-0.25, -0.2) is 4.39 Å². The van der Waals surface area contributed by atoms with Gasteiger partial charge in [0.1, 0.15) is 0 Å². The molecule has 0 amide bonds. The number of hydrogen-bond donors (Lipinski definition) is 2. The van der Waals surface area contributed by atoms with E-state index in [4.69, 9.17) is 5.73 Å². The maximum absolute atomic E-state index is 14.2. The lowest BCUT2D eigenvalue weighted by molar-refractivity contribution is 0.397. The number of allylic oxidation sites excluding steroid dienone is 4. The second kappa shape index (κ2) is 7.04. The molecule has 1 aromatic heterocycles. The molecular weight excluding hydrogens is 243 g/mol. The van der Waals surface area contributed by atoms with Crippen molar-refractivity contribution >= 4 is 5.57 Å². The van der Waals surface area contributed by atoms with Crippen LogP contribution in [0.2, 0.25) is 0 Å². The third-order valence-electron chi connectivity index (χ3n) is 2.74. The summed E-state index contributed by atoms with van der Waals surface area (Å²) in [5, 5.41) is 9.98. The van der Waals surface area contributed by atoms with Crippen LogP contribution in [-0.2, 0) is 6.54 Å². The second-order valence-electron chi connectivity index (χ2n) is 4.64. The van der Waals surface area contributed by atoms with Crippen LogP contribution in [0.25, 0.3) is 5.57 Å². The molecule has 1 rings (SSSR count). The molecule has 1 heterocycles. The number of halogens is 1. The van der Waals surface area contributed by atoms with E-state index in [1.807, 2.05) is 26.8 Å². The van der Waals surface area contributed by atoms with Gasteiger partial charge in [-0.05, 0) is 12.0 Å². The number of nitrogens with two attached hydrogens (primary N) is 1. The molecule has 3 nitrogen and oxygen atoms in total. The van der Waals surface area contributed by atoms with E-state index in [9.17, 15) is 9.50 Å². The van der Waals surface area contributed by atoms with Crippen molar-refractivity contribution in [3.8, 4) is 0 Å². The minimum atomic E-state index is -0.464. The predicted molar refractivity (Wildman–Crippen MR) is 75.9 cm³/mol. The van der Waals surface area contributed by atoms with Crippen LogP contribution in [0.1, 0.15) is 38.4 Å². The van der Waals surface area contributed by atoms with E-state index in [0.717, 1.165) is 0 Å². The van der Waals surface area contributed by atoms with Crippen molar-refractivity contribution in [3.05, 3.63) is 47.2 Å². The van der Waals surface area contributed by atoms with Crippen molar-refractivity contribution in [3.63, 3.8) is 0 Å². The summed E-state index contributed by atoms with van der Waals surface area (Å²) in [6.07, 6.45) is 5.62. The van der Waals surface area contributed by atoms with Crippen LogP contribution < -0.4 is 5.73 Å². The zero-order chi connectivity index (χ0) is 14.4. The first-order valence-corrected chi connectivity index (χ1v) is 6.45. The minimum Gasteiger partial charge on any atom is -0.512 e. The van der Waals surface area contributed by atoms with Gasteiger partial charge in [-0.3, -0.25) is 4.98 Å². The van der Waals surface area contributed by atoms with Gasteiger partial charge in [0.05, 0.1) is 11.5 Å². The highest BCUT2D eigenvalue weighted by Gasteiger charge is 2.13. The number of aliphatic hydroxyl groups excluding tert-OH is 1. The van der Waals surface area contributed by atoms with E-state index >= 15 is 0 Å². The predicted octanol–water partition coefficient (Wildman–Crippen LogP) is 3.57. The number of rotatable bonds is 5. The Hall–Kier alpha value is -1.68. The van der Waals surface area contributed by atoms with Gasteiger partial charge >= 0.3 is 0 Å². The first-order valence-electron chi connectivity index (χ1n) is 6.45. The summed E-state index contributed by atoms with van der Waals surface area (Å²) in [4.78, 5) is 3.89. The summed E-state index contributed by atoms with van der Waals surface area (Å²) in [6, 6.07) is 1.56. The number of aromatic nitrogens is 1. The Labute approximate surface area is 113 Å². The standard InChI is InChI=1S/C15H21FN2O/c1-4-14(19)11(6-5-10(2)3)12-7-8-18-13(9-17)15(12)16/h5-8,10,19H,4,9,17H2,1-3H3/b6-5-,14-11-. The molecule has 0 fully saturated rings. The van der Waals surface area contributed by atoms with Gasteiger partial charge in [0.25, 0.3) is 0 Å². The highest BCUT2D eigenvalue weighted by molar-refractivity contribution is 5.75. The van der Waals surface area contributed by atoms with Crippen LogP contribution >= 0.6 is 0 Å². The normalized spacial score (nSPS) is 13.2. The van der Waals surface area contributed by atoms with Crippen molar-refractivity contribution in [1.82, 2.24) is 4.98 Å². The van der Waals surface area contributed by atoms with Crippen LogP contribution in [-0.4, -0.2) is 10.1 Å². The summed E-state index contributed by atoms with van der Waals surface area (Å²) >= 11 is 0. The molecule has 0 spiro atoms. The zero-order valence-corrected chi connectivity index (χ0v) is 11.7. The van der Waals surface area contributed by atoms with E-state index < -0.39 is 5.82 Å². The molecule has 0 aliphatic carbocycles. The van der Waals surface area contributed by atoms with E-state index in [1.165, 1.54) is 6.20 Å². The fourth-order valence-electron chi connectivity index (χ4n) is 1.66. The van der Waals surface area contributed by atoms with Crippen LogP contribution in [0.5, 0.6) is 0 Å². The van der Waals surface area contributed by atoms with Gasteiger partial charge in [-0.2, -0.15) is 0 Å². The average molecular weight is 264 g/mol. The molecule has 0 aliphatic rings. The number of aliphatic hydroxyl groups is 1. The second-order valence-corrected chi connectivity index (χ2v) is 4.64. The third kappa shape index (κ3) is 3.89. The van der Waals surface area contributed by atoms with E-state index in [1.54, 1.807) is 12.1 Å². The molecule has 3 N–H and O–H groups in total. The SMILES string of the molecule is CC/C(O)=C(\C=C/C(C)C)c1ccnc(CN)c1F. The summed E-state index contributed by atoms with van der Waals surface area (Å²) in [5.74, 6) is 0.0110. The summed E-state index contributed by atoms with van der Waals surface area (Å²) < 4.78 is 14.2. The van der Waals surface area contributed by atoms with Crippen molar-refractivity contribution < 1.29 is 9.50 Å². The number of hydrogen-bond acceptors (Lipinski definition) is 3. The molecule has 0 saturated heterocycles. The lowest BCUT2D eigenvalue weighted by Gasteiger charge is -2.10. The van der Waals surface area contributed by atoms with Crippen LogP contribution in [0, 0.1) is 11.7 Å². The van der Waals surface area contributed by atoms with Crippen LogP contribution in [0.4, 0.5) is 4.39 Å². The van der Waals surface area contributed by atoms with Crippen LogP contribution in [0.15, 0.2) is 30.2 Å². The molecule has 0 unspecified atom stereocenters. The topological polar surface area (TPSA) is 59.1 Å².